The second-order valence-electron chi connectivity index (χ2n) is 5.42. The summed E-state index contributed by atoms with van der Waals surface area (Å²) in [7, 11) is 0. The van der Waals surface area contributed by atoms with E-state index in [1.165, 1.54) is 19.4 Å². The highest BCUT2D eigenvalue weighted by Crippen LogP contribution is 2.29. The molecule has 0 saturated carbocycles. The van der Waals surface area contributed by atoms with Crippen LogP contribution in [0, 0.1) is 5.92 Å². The predicted octanol–water partition coefficient (Wildman–Crippen LogP) is 3.82. The third-order valence-electron chi connectivity index (χ3n) is 3.54. The van der Waals surface area contributed by atoms with Crippen LogP contribution in [-0.2, 0) is 0 Å². The zero-order valence-electron chi connectivity index (χ0n) is 11.5. The largest absolute Gasteiger partial charge is 0.353 e. The van der Waals surface area contributed by atoms with Crippen molar-refractivity contribution < 1.29 is 0 Å². The maximum absolute atomic E-state index is 4.58. The summed E-state index contributed by atoms with van der Waals surface area (Å²) in [4.78, 5) is 6.97. The normalized spacial score (nSPS) is 19.7. The van der Waals surface area contributed by atoms with E-state index in [2.05, 4.69) is 67.0 Å². The van der Waals surface area contributed by atoms with Crippen LogP contribution in [0.1, 0.15) is 26.7 Å². The Labute approximate surface area is 132 Å². The second kappa shape index (κ2) is 7.04. The summed E-state index contributed by atoms with van der Waals surface area (Å²) in [5, 5.41) is 3.49. The molecule has 5 heteroatoms. The van der Waals surface area contributed by atoms with Crippen molar-refractivity contribution in [2.45, 2.75) is 32.7 Å². The highest BCUT2D eigenvalue weighted by atomic mass is 79.9. The van der Waals surface area contributed by atoms with Gasteiger partial charge < -0.3 is 10.2 Å². The minimum absolute atomic E-state index is 0.451. The fourth-order valence-electron chi connectivity index (χ4n) is 2.52. The van der Waals surface area contributed by atoms with Gasteiger partial charge in [0.2, 0.25) is 0 Å². The Morgan fingerprint density at radius 1 is 1.47 bits per heavy atom. The molecule has 1 fully saturated rings. The van der Waals surface area contributed by atoms with Gasteiger partial charge in [-0.3, -0.25) is 0 Å². The summed E-state index contributed by atoms with van der Waals surface area (Å²) >= 11 is 7.09. The highest BCUT2D eigenvalue weighted by molar-refractivity contribution is 9.11. The van der Waals surface area contributed by atoms with Crippen molar-refractivity contribution in [3.63, 3.8) is 0 Å². The van der Waals surface area contributed by atoms with Gasteiger partial charge in [-0.25, -0.2) is 4.98 Å². The Morgan fingerprint density at radius 2 is 2.26 bits per heavy atom. The van der Waals surface area contributed by atoms with Crippen LogP contribution in [0.3, 0.4) is 0 Å². The lowest BCUT2D eigenvalue weighted by Crippen LogP contribution is -2.41. The Bertz CT molecular complexity index is 417. The van der Waals surface area contributed by atoms with Crippen molar-refractivity contribution in [1.29, 1.82) is 0 Å². The van der Waals surface area contributed by atoms with Gasteiger partial charge in [0.25, 0.3) is 0 Å². The van der Waals surface area contributed by atoms with Crippen molar-refractivity contribution in [1.82, 2.24) is 10.3 Å². The minimum Gasteiger partial charge on any atom is -0.353 e. The molecule has 0 amide bonds. The molecule has 1 atom stereocenters. The van der Waals surface area contributed by atoms with Crippen LogP contribution in [0.2, 0.25) is 0 Å². The molecular formula is C14H21Br2N3. The lowest BCUT2D eigenvalue weighted by molar-refractivity contribution is 0.370. The molecule has 1 N–H and O–H groups in total. The van der Waals surface area contributed by atoms with E-state index in [1.54, 1.807) is 0 Å². The van der Waals surface area contributed by atoms with Crippen LogP contribution >= 0.6 is 31.9 Å². The lowest BCUT2D eigenvalue weighted by Gasteiger charge is -2.34. The van der Waals surface area contributed by atoms with Crippen LogP contribution in [0.25, 0.3) is 0 Å². The molecule has 3 nitrogen and oxygen atoms in total. The van der Waals surface area contributed by atoms with Gasteiger partial charge in [-0.05, 0) is 83.6 Å². The molecule has 0 spiro atoms. The summed E-state index contributed by atoms with van der Waals surface area (Å²) < 4.78 is 2.06. The van der Waals surface area contributed by atoms with E-state index in [1.807, 2.05) is 6.20 Å². The summed E-state index contributed by atoms with van der Waals surface area (Å²) in [6, 6.07) is 2.52. The quantitative estimate of drug-likeness (QED) is 0.846. The van der Waals surface area contributed by atoms with Gasteiger partial charge in [-0.2, -0.15) is 0 Å². The zero-order chi connectivity index (χ0) is 13.8. The first-order chi connectivity index (χ1) is 9.08. The second-order valence-corrected chi connectivity index (χ2v) is 7.19. The Balaban J connectivity index is 2.14. The molecule has 1 saturated heterocycles. The number of hydrogen-bond donors (Lipinski definition) is 1. The summed E-state index contributed by atoms with van der Waals surface area (Å²) in [5.41, 5.74) is 0. The number of nitrogens with one attached hydrogen (secondary N) is 1. The van der Waals surface area contributed by atoms with Crippen LogP contribution in [0.4, 0.5) is 5.82 Å². The molecule has 0 aliphatic carbocycles. The van der Waals surface area contributed by atoms with E-state index < -0.39 is 0 Å². The first kappa shape index (κ1) is 15.3. The van der Waals surface area contributed by atoms with E-state index in [-0.39, 0.29) is 0 Å². The lowest BCUT2D eigenvalue weighted by atomic mass is 9.98. The molecule has 106 valence electrons. The zero-order valence-corrected chi connectivity index (χ0v) is 14.7. The van der Waals surface area contributed by atoms with E-state index in [4.69, 9.17) is 0 Å². The van der Waals surface area contributed by atoms with Gasteiger partial charge in [0, 0.05) is 23.3 Å². The predicted molar refractivity (Wildman–Crippen MR) is 87.7 cm³/mol. The van der Waals surface area contributed by atoms with Crippen molar-refractivity contribution in [2.24, 2.45) is 5.92 Å². The van der Waals surface area contributed by atoms with Crippen LogP contribution in [0.15, 0.2) is 21.2 Å². The Kier molecular flexibility index (Phi) is 5.66. The van der Waals surface area contributed by atoms with Gasteiger partial charge in [0.15, 0.2) is 0 Å². The molecule has 1 aliphatic heterocycles. The van der Waals surface area contributed by atoms with Gasteiger partial charge in [0.05, 0.1) is 4.47 Å². The molecule has 2 rings (SSSR count). The number of pyridine rings is 1. The van der Waals surface area contributed by atoms with Gasteiger partial charge in [-0.1, -0.05) is 0 Å². The molecule has 0 bridgehead atoms. The van der Waals surface area contributed by atoms with Crippen molar-refractivity contribution in [3.05, 3.63) is 21.2 Å². The molecule has 1 aromatic heterocycles. The van der Waals surface area contributed by atoms with Crippen molar-refractivity contribution in [3.8, 4) is 0 Å². The van der Waals surface area contributed by atoms with Gasteiger partial charge >= 0.3 is 0 Å². The Hall–Kier alpha value is -0.130. The maximum atomic E-state index is 4.58. The standard InChI is InChI=1S/C14H21Br2N3/c1-10(2)19(9-11-4-3-5-17-7-11)14-13(16)6-12(15)8-18-14/h6,8,10-11,17H,3-5,7,9H2,1-2H3. The molecule has 1 aromatic rings. The summed E-state index contributed by atoms with van der Waals surface area (Å²) in [6.45, 7) is 7.81. The third kappa shape index (κ3) is 4.17. The van der Waals surface area contributed by atoms with Crippen LogP contribution < -0.4 is 10.2 Å². The summed E-state index contributed by atoms with van der Waals surface area (Å²) in [5.74, 6) is 1.76. The van der Waals surface area contributed by atoms with Gasteiger partial charge in [-0.15, -0.1) is 0 Å². The molecule has 1 unspecified atom stereocenters. The number of halogens is 2. The molecule has 0 radical (unpaired) electrons. The topological polar surface area (TPSA) is 28.2 Å². The fraction of sp³-hybridized carbons (Fsp3) is 0.643. The molecular weight excluding hydrogens is 370 g/mol. The third-order valence-corrected chi connectivity index (χ3v) is 4.55. The maximum Gasteiger partial charge on any atom is 0.143 e. The molecule has 1 aliphatic rings. The first-order valence-corrected chi connectivity index (χ1v) is 8.45. The number of hydrogen-bond acceptors (Lipinski definition) is 3. The van der Waals surface area contributed by atoms with E-state index in [9.17, 15) is 0 Å². The SMILES string of the molecule is CC(C)N(CC1CCCNC1)c1ncc(Br)cc1Br. The number of aromatic nitrogens is 1. The fourth-order valence-corrected chi connectivity index (χ4v) is 3.73. The minimum atomic E-state index is 0.451. The molecule has 0 aromatic carbocycles. The van der Waals surface area contributed by atoms with Gasteiger partial charge in [0.1, 0.15) is 5.82 Å². The number of anilines is 1. The summed E-state index contributed by atoms with van der Waals surface area (Å²) in [6.07, 6.45) is 4.46. The average Bonchev–Trinajstić information content (AvgIpc) is 2.38. The highest BCUT2D eigenvalue weighted by Gasteiger charge is 2.21. The van der Waals surface area contributed by atoms with Crippen molar-refractivity contribution >= 4 is 37.7 Å². The van der Waals surface area contributed by atoms with Crippen molar-refractivity contribution in [2.75, 3.05) is 24.5 Å². The molecule has 19 heavy (non-hydrogen) atoms. The number of nitrogens with zero attached hydrogens (tertiary/aromatic N) is 2. The van der Waals surface area contributed by atoms with Crippen LogP contribution in [0.5, 0.6) is 0 Å². The van der Waals surface area contributed by atoms with E-state index >= 15 is 0 Å². The average molecular weight is 391 g/mol. The first-order valence-electron chi connectivity index (χ1n) is 6.86. The van der Waals surface area contributed by atoms with E-state index in [0.717, 1.165) is 27.9 Å². The Morgan fingerprint density at radius 3 is 2.84 bits per heavy atom. The number of rotatable bonds is 4. The smallest absolute Gasteiger partial charge is 0.143 e. The number of piperidine rings is 1. The monoisotopic (exact) mass is 389 g/mol. The van der Waals surface area contributed by atoms with Crippen LogP contribution in [-0.4, -0.2) is 30.7 Å². The molecule has 2 heterocycles. The van der Waals surface area contributed by atoms with E-state index in [0.29, 0.717) is 12.0 Å².